The minimum Gasteiger partial charge on any atom is -0.477 e. The van der Waals surface area contributed by atoms with Gasteiger partial charge in [0.15, 0.2) is 6.10 Å². The van der Waals surface area contributed by atoms with Gasteiger partial charge in [0.1, 0.15) is 5.75 Å². The minimum absolute atomic E-state index is 0.0313. The summed E-state index contributed by atoms with van der Waals surface area (Å²) in [7, 11) is 1.32. The van der Waals surface area contributed by atoms with E-state index in [-0.39, 0.29) is 18.4 Å². The molecule has 8 nitrogen and oxygen atoms in total. The molecule has 8 heteroatoms. The molecular formula is C25H29N3O5. The molecule has 1 atom stereocenters. The molecule has 1 N–H and O–H groups in total. The molecular weight excluding hydrogens is 422 g/mol. The predicted molar refractivity (Wildman–Crippen MR) is 125 cm³/mol. The van der Waals surface area contributed by atoms with Crippen LogP contribution >= 0.6 is 0 Å². The quantitative estimate of drug-likeness (QED) is 0.703. The first-order valence-electron chi connectivity index (χ1n) is 11.2. The summed E-state index contributed by atoms with van der Waals surface area (Å²) in [5.74, 6) is -0.153. The number of esters is 1. The van der Waals surface area contributed by atoms with Gasteiger partial charge in [0, 0.05) is 18.8 Å². The molecule has 174 valence electrons. The Bertz CT molecular complexity index is 1050. The van der Waals surface area contributed by atoms with Gasteiger partial charge in [-0.1, -0.05) is 18.2 Å². The van der Waals surface area contributed by atoms with E-state index in [1.54, 1.807) is 18.2 Å². The first kappa shape index (κ1) is 22.6. The fraction of sp³-hybridized carbons (Fsp3) is 0.400. The number of methoxy groups -OCH3 is 1. The molecule has 33 heavy (non-hydrogen) atoms. The van der Waals surface area contributed by atoms with Gasteiger partial charge in [0.25, 0.3) is 5.91 Å². The lowest BCUT2D eigenvalue weighted by Gasteiger charge is -2.38. The topological polar surface area (TPSA) is 88.2 Å². The molecule has 2 aliphatic rings. The van der Waals surface area contributed by atoms with Crippen LogP contribution in [0.3, 0.4) is 0 Å². The van der Waals surface area contributed by atoms with Gasteiger partial charge < -0.3 is 24.6 Å². The number of ether oxygens (including phenoxy) is 2. The van der Waals surface area contributed by atoms with Crippen LogP contribution < -0.4 is 15.0 Å². The number of likely N-dealkylation sites (tertiary alicyclic amines) is 1. The van der Waals surface area contributed by atoms with Crippen molar-refractivity contribution in [3.8, 4) is 5.75 Å². The highest BCUT2D eigenvalue weighted by Crippen LogP contribution is 2.33. The van der Waals surface area contributed by atoms with Gasteiger partial charge in [-0.25, -0.2) is 4.79 Å². The van der Waals surface area contributed by atoms with Crippen molar-refractivity contribution >= 4 is 29.2 Å². The normalized spacial score (nSPS) is 17.6. The van der Waals surface area contributed by atoms with Crippen LogP contribution in [0.25, 0.3) is 0 Å². The summed E-state index contributed by atoms with van der Waals surface area (Å²) in [6, 6.07) is 12.5. The van der Waals surface area contributed by atoms with Crippen LogP contribution in [0.15, 0.2) is 42.5 Å². The number of para-hydroxylation sites is 2. The van der Waals surface area contributed by atoms with Crippen LogP contribution in [0.5, 0.6) is 5.75 Å². The first-order chi connectivity index (χ1) is 16.0. The lowest BCUT2D eigenvalue weighted by Crippen LogP contribution is -2.52. The Morgan fingerprint density at radius 2 is 1.85 bits per heavy atom. The second-order valence-corrected chi connectivity index (χ2v) is 8.41. The molecule has 0 spiro atoms. The number of piperidine rings is 1. The Morgan fingerprint density at radius 1 is 1.09 bits per heavy atom. The molecule has 2 aromatic rings. The van der Waals surface area contributed by atoms with Gasteiger partial charge in [-0.05, 0) is 56.0 Å². The van der Waals surface area contributed by atoms with Crippen LogP contribution in [-0.2, 0) is 14.3 Å². The number of fused-ring (bicyclic) bond motifs is 1. The molecule has 0 radical (unpaired) electrons. The third-order valence-electron chi connectivity index (χ3n) is 6.07. The fourth-order valence-corrected chi connectivity index (χ4v) is 4.27. The Balaban J connectivity index is 1.50. The molecule has 1 saturated heterocycles. The van der Waals surface area contributed by atoms with Crippen molar-refractivity contribution in [1.29, 1.82) is 0 Å². The number of amides is 2. The number of nitrogens with zero attached hydrogens (tertiary/aromatic N) is 2. The van der Waals surface area contributed by atoms with Crippen LogP contribution in [0.1, 0.15) is 35.2 Å². The van der Waals surface area contributed by atoms with Gasteiger partial charge in [0.2, 0.25) is 5.91 Å². The minimum atomic E-state index is -0.657. The van der Waals surface area contributed by atoms with Crippen LogP contribution in [0.2, 0.25) is 0 Å². The number of aryl methyl sites for hydroxylation is 1. The number of carbonyl (C=O) groups is 3. The van der Waals surface area contributed by atoms with Gasteiger partial charge >= 0.3 is 5.97 Å². The number of anilines is 2. The molecule has 2 aromatic carbocycles. The smallest absolute Gasteiger partial charge is 0.337 e. The number of nitrogens with one attached hydrogen (secondary N) is 1. The fourth-order valence-electron chi connectivity index (χ4n) is 4.27. The summed E-state index contributed by atoms with van der Waals surface area (Å²) in [4.78, 5) is 41.6. The predicted octanol–water partition coefficient (Wildman–Crippen LogP) is 3.00. The maximum Gasteiger partial charge on any atom is 0.337 e. The summed E-state index contributed by atoms with van der Waals surface area (Å²) >= 11 is 0. The maximum absolute atomic E-state index is 13.1. The third kappa shape index (κ3) is 5.10. The van der Waals surface area contributed by atoms with E-state index in [0.717, 1.165) is 43.6 Å². The summed E-state index contributed by atoms with van der Waals surface area (Å²) in [5.41, 5.74) is 2.51. The van der Waals surface area contributed by atoms with Crippen molar-refractivity contribution < 1.29 is 23.9 Å². The standard InChI is InChI=1S/C25H29N3O5/c1-17-10-11-18(25(31)32-2)14-19(17)26-23(29)16-28-15-22(24(30)27-12-6-3-7-13-27)33-21-9-5-4-8-20(21)28/h4-5,8-11,14,22H,3,6-7,12-13,15-16H2,1-2H3,(H,26,29)/t22-/m0/s1. The van der Waals surface area contributed by atoms with Gasteiger partial charge in [-0.3, -0.25) is 9.59 Å². The van der Waals surface area contributed by atoms with Crippen molar-refractivity contribution in [3.05, 3.63) is 53.6 Å². The van der Waals surface area contributed by atoms with Crippen LogP contribution in [0.4, 0.5) is 11.4 Å². The molecule has 0 aliphatic carbocycles. The largest absolute Gasteiger partial charge is 0.477 e. The summed E-state index contributed by atoms with van der Waals surface area (Å²) in [6.07, 6.45) is 2.49. The monoisotopic (exact) mass is 451 g/mol. The lowest BCUT2D eigenvalue weighted by molar-refractivity contribution is -0.139. The molecule has 0 saturated carbocycles. The van der Waals surface area contributed by atoms with Crippen molar-refractivity contribution in [1.82, 2.24) is 4.90 Å². The average molecular weight is 452 g/mol. The Labute approximate surface area is 193 Å². The van der Waals surface area contributed by atoms with Gasteiger partial charge in [-0.15, -0.1) is 0 Å². The molecule has 0 aromatic heterocycles. The summed E-state index contributed by atoms with van der Waals surface area (Å²) in [6.45, 7) is 3.69. The highest BCUT2D eigenvalue weighted by molar-refractivity contribution is 5.97. The Morgan fingerprint density at radius 3 is 2.61 bits per heavy atom. The van der Waals surface area contributed by atoms with E-state index in [1.807, 2.05) is 41.0 Å². The van der Waals surface area contributed by atoms with Crippen LogP contribution in [-0.4, -0.2) is 62.1 Å². The molecule has 2 aliphatic heterocycles. The zero-order valence-corrected chi connectivity index (χ0v) is 19.0. The van der Waals surface area contributed by atoms with Gasteiger partial charge in [-0.2, -0.15) is 0 Å². The van der Waals surface area contributed by atoms with E-state index in [9.17, 15) is 14.4 Å². The zero-order chi connectivity index (χ0) is 23.4. The van der Waals surface area contributed by atoms with E-state index in [0.29, 0.717) is 23.5 Å². The maximum atomic E-state index is 13.1. The number of benzene rings is 2. The summed E-state index contributed by atoms with van der Waals surface area (Å²) in [5, 5.41) is 2.89. The number of carbonyl (C=O) groups excluding carboxylic acids is 3. The Kier molecular flexibility index (Phi) is 6.82. The second-order valence-electron chi connectivity index (χ2n) is 8.41. The molecule has 4 rings (SSSR count). The zero-order valence-electron chi connectivity index (χ0n) is 19.0. The molecule has 0 unspecified atom stereocenters. The molecule has 2 heterocycles. The Hall–Kier alpha value is -3.55. The third-order valence-corrected chi connectivity index (χ3v) is 6.07. The van der Waals surface area contributed by atoms with E-state index in [2.05, 4.69) is 5.32 Å². The number of hydrogen-bond acceptors (Lipinski definition) is 6. The SMILES string of the molecule is COC(=O)c1ccc(C)c(NC(=O)CN2C[C@@H](C(=O)N3CCCCC3)Oc3ccccc32)c1. The van der Waals surface area contributed by atoms with E-state index >= 15 is 0 Å². The van der Waals surface area contributed by atoms with Gasteiger partial charge in [0.05, 0.1) is 31.5 Å². The van der Waals surface area contributed by atoms with Crippen molar-refractivity contribution in [2.75, 3.05) is 43.5 Å². The molecule has 1 fully saturated rings. The van der Waals surface area contributed by atoms with E-state index < -0.39 is 12.1 Å². The molecule has 2 amide bonds. The molecule has 0 bridgehead atoms. The van der Waals surface area contributed by atoms with Crippen molar-refractivity contribution in [3.63, 3.8) is 0 Å². The number of rotatable bonds is 5. The second kappa shape index (κ2) is 9.94. The number of hydrogen-bond donors (Lipinski definition) is 1. The van der Waals surface area contributed by atoms with Crippen molar-refractivity contribution in [2.24, 2.45) is 0 Å². The average Bonchev–Trinajstić information content (AvgIpc) is 2.84. The van der Waals surface area contributed by atoms with Crippen molar-refractivity contribution in [2.45, 2.75) is 32.3 Å². The van der Waals surface area contributed by atoms with E-state index in [1.165, 1.54) is 7.11 Å². The lowest BCUT2D eigenvalue weighted by atomic mass is 10.1. The van der Waals surface area contributed by atoms with E-state index in [4.69, 9.17) is 9.47 Å². The van der Waals surface area contributed by atoms with Crippen LogP contribution in [0, 0.1) is 6.92 Å². The summed E-state index contributed by atoms with van der Waals surface area (Å²) < 4.78 is 10.8. The highest BCUT2D eigenvalue weighted by atomic mass is 16.5. The first-order valence-corrected chi connectivity index (χ1v) is 11.2. The highest BCUT2D eigenvalue weighted by Gasteiger charge is 2.34.